The SMILES string of the molecule is CCCn1cc(Oc2c(/C=C/C(=O)O)c(C)nn2C)cn1. The van der Waals surface area contributed by atoms with E-state index in [-0.39, 0.29) is 0 Å². The number of hydrogen-bond donors (Lipinski definition) is 1. The summed E-state index contributed by atoms with van der Waals surface area (Å²) in [6.07, 6.45) is 6.96. The molecule has 1 N–H and O–H groups in total. The molecule has 0 atom stereocenters. The van der Waals surface area contributed by atoms with Gasteiger partial charge in [0.25, 0.3) is 0 Å². The van der Waals surface area contributed by atoms with Gasteiger partial charge in [0.1, 0.15) is 0 Å². The second kappa shape index (κ2) is 6.25. The maximum absolute atomic E-state index is 10.7. The van der Waals surface area contributed by atoms with Crippen LogP contribution >= 0.6 is 0 Å². The smallest absolute Gasteiger partial charge is 0.328 e. The minimum absolute atomic E-state index is 0.487. The summed E-state index contributed by atoms with van der Waals surface area (Å²) in [6, 6.07) is 0. The minimum atomic E-state index is -1.01. The number of hydrogen-bond acceptors (Lipinski definition) is 4. The van der Waals surface area contributed by atoms with Crippen LogP contribution in [0.1, 0.15) is 24.6 Å². The molecule has 0 saturated carbocycles. The van der Waals surface area contributed by atoms with E-state index in [9.17, 15) is 4.79 Å². The average molecular weight is 290 g/mol. The lowest BCUT2D eigenvalue weighted by atomic mass is 10.2. The van der Waals surface area contributed by atoms with E-state index in [1.165, 1.54) is 6.08 Å². The van der Waals surface area contributed by atoms with Crippen LogP contribution in [0, 0.1) is 6.92 Å². The number of carboxylic acids is 1. The quantitative estimate of drug-likeness (QED) is 0.825. The second-order valence-corrected chi connectivity index (χ2v) is 4.64. The van der Waals surface area contributed by atoms with Crippen molar-refractivity contribution in [3.05, 3.63) is 29.7 Å². The first kappa shape index (κ1) is 14.8. The number of aliphatic carboxylic acids is 1. The van der Waals surface area contributed by atoms with Gasteiger partial charge in [-0.15, -0.1) is 0 Å². The van der Waals surface area contributed by atoms with Gasteiger partial charge < -0.3 is 9.84 Å². The van der Waals surface area contributed by atoms with E-state index in [0.717, 1.165) is 19.0 Å². The Bertz CT molecular complexity index is 670. The topological polar surface area (TPSA) is 82.2 Å². The van der Waals surface area contributed by atoms with Gasteiger partial charge in [-0.3, -0.25) is 4.68 Å². The monoisotopic (exact) mass is 290 g/mol. The fraction of sp³-hybridized carbons (Fsp3) is 0.357. The Morgan fingerprint density at radius 1 is 1.52 bits per heavy atom. The number of aryl methyl sites for hydroxylation is 3. The first-order valence-corrected chi connectivity index (χ1v) is 6.66. The molecule has 0 bridgehead atoms. The fourth-order valence-corrected chi connectivity index (χ4v) is 1.98. The van der Waals surface area contributed by atoms with Crippen LogP contribution in [0.4, 0.5) is 0 Å². The van der Waals surface area contributed by atoms with E-state index in [0.29, 0.717) is 22.9 Å². The van der Waals surface area contributed by atoms with Crippen molar-refractivity contribution in [1.82, 2.24) is 19.6 Å². The lowest BCUT2D eigenvalue weighted by molar-refractivity contribution is -0.131. The Hall–Kier alpha value is -2.57. The molecule has 2 aromatic rings. The van der Waals surface area contributed by atoms with E-state index in [1.54, 1.807) is 35.7 Å². The van der Waals surface area contributed by atoms with Gasteiger partial charge in [-0.2, -0.15) is 10.2 Å². The summed E-state index contributed by atoms with van der Waals surface area (Å²) in [6.45, 7) is 4.69. The van der Waals surface area contributed by atoms with Gasteiger partial charge in [0, 0.05) is 19.7 Å². The lowest BCUT2D eigenvalue weighted by Crippen LogP contribution is -1.97. The normalized spacial score (nSPS) is 11.2. The zero-order chi connectivity index (χ0) is 15.4. The van der Waals surface area contributed by atoms with Crippen molar-refractivity contribution in [3.8, 4) is 11.6 Å². The molecule has 21 heavy (non-hydrogen) atoms. The van der Waals surface area contributed by atoms with Gasteiger partial charge in [0.15, 0.2) is 5.75 Å². The molecule has 2 rings (SSSR count). The molecule has 0 aromatic carbocycles. The highest BCUT2D eigenvalue weighted by Gasteiger charge is 2.14. The highest BCUT2D eigenvalue weighted by Crippen LogP contribution is 2.28. The van der Waals surface area contributed by atoms with Crippen molar-refractivity contribution < 1.29 is 14.6 Å². The van der Waals surface area contributed by atoms with Crippen LogP contribution in [0.15, 0.2) is 18.5 Å². The van der Waals surface area contributed by atoms with E-state index < -0.39 is 5.97 Å². The summed E-state index contributed by atoms with van der Waals surface area (Å²) < 4.78 is 9.17. The zero-order valence-corrected chi connectivity index (χ0v) is 12.3. The Labute approximate surface area is 122 Å². The van der Waals surface area contributed by atoms with Crippen LogP contribution in [0.25, 0.3) is 6.08 Å². The van der Waals surface area contributed by atoms with Gasteiger partial charge in [0.05, 0.1) is 23.7 Å². The van der Waals surface area contributed by atoms with Crippen molar-refractivity contribution in [2.45, 2.75) is 26.8 Å². The predicted octanol–water partition coefficient (Wildman–Crippen LogP) is 2.23. The molecule has 7 heteroatoms. The molecule has 2 aromatic heterocycles. The summed E-state index contributed by atoms with van der Waals surface area (Å²) in [5.41, 5.74) is 1.34. The number of carboxylic acid groups (broad SMARTS) is 1. The molecule has 7 nitrogen and oxygen atoms in total. The van der Waals surface area contributed by atoms with Crippen LogP contribution < -0.4 is 4.74 Å². The molecular weight excluding hydrogens is 272 g/mol. The second-order valence-electron chi connectivity index (χ2n) is 4.64. The van der Waals surface area contributed by atoms with Crippen LogP contribution in [0.3, 0.4) is 0 Å². The third-order valence-corrected chi connectivity index (χ3v) is 2.88. The summed E-state index contributed by atoms with van der Waals surface area (Å²) in [7, 11) is 1.75. The molecule has 2 heterocycles. The minimum Gasteiger partial charge on any atom is -0.478 e. The molecule has 0 amide bonds. The number of nitrogens with zero attached hydrogens (tertiary/aromatic N) is 4. The van der Waals surface area contributed by atoms with Gasteiger partial charge in [-0.25, -0.2) is 9.48 Å². The molecule has 0 saturated heterocycles. The maximum Gasteiger partial charge on any atom is 0.328 e. The summed E-state index contributed by atoms with van der Waals surface area (Å²) >= 11 is 0. The number of aromatic nitrogens is 4. The Morgan fingerprint density at radius 3 is 2.95 bits per heavy atom. The third-order valence-electron chi connectivity index (χ3n) is 2.88. The zero-order valence-electron chi connectivity index (χ0n) is 12.3. The van der Waals surface area contributed by atoms with E-state index in [2.05, 4.69) is 17.1 Å². The van der Waals surface area contributed by atoms with Crippen LogP contribution in [0.5, 0.6) is 11.6 Å². The van der Waals surface area contributed by atoms with Gasteiger partial charge in [0.2, 0.25) is 5.88 Å². The van der Waals surface area contributed by atoms with E-state index in [1.807, 2.05) is 0 Å². The molecule has 0 spiro atoms. The van der Waals surface area contributed by atoms with Crippen molar-refractivity contribution in [2.24, 2.45) is 7.05 Å². The third kappa shape index (κ3) is 3.50. The first-order valence-electron chi connectivity index (χ1n) is 6.66. The number of rotatable bonds is 6. The van der Waals surface area contributed by atoms with Crippen molar-refractivity contribution in [2.75, 3.05) is 0 Å². The Morgan fingerprint density at radius 2 is 2.29 bits per heavy atom. The van der Waals surface area contributed by atoms with Crippen molar-refractivity contribution in [1.29, 1.82) is 0 Å². The lowest BCUT2D eigenvalue weighted by Gasteiger charge is -2.04. The number of ether oxygens (including phenoxy) is 1. The van der Waals surface area contributed by atoms with Crippen LogP contribution in [-0.4, -0.2) is 30.6 Å². The summed E-state index contributed by atoms with van der Waals surface area (Å²) in [4.78, 5) is 10.7. The molecule has 0 unspecified atom stereocenters. The highest BCUT2D eigenvalue weighted by atomic mass is 16.5. The molecule has 0 fully saturated rings. The molecular formula is C14H18N4O3. The standard InChI is InChI=1S/C14H18N4O3/c1-4-7-18-9-11(8-15-18)21-14-12(5-6-13(19)20)10(2)16-17(14)3/h5-6,8-9H,4,7H2,1-3H3,(H,19,20)/b6-5+. The largest absolute Gasteiger partial charge is 0.478 e. The molecule has 0 radical (unpaired) electrons. The van der Waals surface area contributed by atoms with Crippen LogP contribution in [-0.2, 0) is 18.4 Å². The van der Waals surface area contributed by atoms with Gasteiger partial charge >= 0.3 is 5.97 Å². The van der Waals surface area contributed by atoms with Gasteiger partial charge in [-0.05, 0) is 19.4 Å². The average Bonchev–Trinajstić information content (AvgIpc) is 2.94. The van der Waals surface area contributed by atoms with E-state index >= 15 is 0 Å². The van der Waals surface area contributed by atoms with Crippen molar-refractivity contribution in [3.63, 3.8) is 0 Å². The van der Waals surface area contributed by atoms with Crippen molar-refractivity contribution >= 4 is 12.0 Å². The molecule has 0 aliphatic rings. The molecule has 0 aliphatic heterocycles. The Balaban J connectivity index is 2.27. The number of carbonyl (C=O) groups is 1. The summed E-state index contributed by atoms with van der Waals surface area (Å²) in [5, 5.41) is 17.2. The highest BCUT2D eigenvalue weighted by molar-refractivity contribution is 5.86. The van der Waals surface area contributed by atoms with Gasteiger partial charge in [-0.1, -0.05) is 6.92 Å². The molecule has 0 aliphatic carbocycles. The molecule has 112 valence electrons. The predicted molar refractivity (Wildman–Crippen MR) is 77.2 cm³/mol. The maximum atomic E-state index is 10.7. The van der Waals surface area contributed by atoms with Crippen LogP contribution in [0.2, 0.25) is 0 Å². The Kier molecular flexibility index (Phi) is 4.42. The summed E-state index contributed by atoms with van der Waals surface area (Å²) in [5.74, 6) is 0.0671. The first-order chi connectivity index (χ1) is 10.0. The fourth-order valence-electron chi connectivity index (χ4n) is 1.98. The van der Waals surface area contributed by atoms with E-state index in [4.69, 9.17) is 9.84 Å².